The average Bonchev–Trinajstić information content (AvgIpc) is 3.18. The highest BCUT2D eigenvalue weighted by atomic mass is 19.1. The summed E-state index contributed by atoms with van der Waals surface area (Å²) < 4.78 is 19.7. The van der Waals surface area contributed by atoms with E-state index in [2.05, 4.69) is 6.07 Å². The molecule has 2 aliphatic heterocycles. The van der Waals surface area contributed by atoms with Crippen molar-refractivity contribution in [2.45, 2.75) is 44.3 Å². The molecule has 0 spiro atoms. The van der Waals surface area contributed by atoms with Crippen LogP contribution in [0.2, 0.25) is 0 Å². The first kappa shape index (κ1) is 21.8. The molecule has 2 amide bonds. The standard InChI is InChI=1S/C28H26FN3O3/c1-27(2)25(33)32(17-18-9-13-31(16-18)26(34)28(29)11-12-28)24(30-27)20-5-3-19(4-6-20)21-7-8-23-22(15-21)10-14-35-23/h3-8,10,14-15,17H,9,11-13,16H2,1-2H3/b18-17+. The van der Waals surface area contributed by atoms with Gasteiger partial charge in [0.15, 0.2) is 5.67 Å². The molecular formula is C28H26FN3O3. The number of likely N-dealkylation sites (tertiary alicyclic amines) is 1. The van der Waals surface area contributed by atoms with Crippen molar-refractivity contribution < 1.29 is 18.4 Å². The highest BCUT2D eigenvalue weighted by molar-refractivity contribution is 6.16. The zero-order chi connectivity index (χ0) is 24.4. The summed E-state index contributed by atoms with van der Waals surface area (Å²) in [5, 5.41) is 1.04. The van der Waals surface area contributed by atoms with Gasteiger partial charge in [0.25, 0.3) is 11.8 Å². The number of hydrogen-bond acceptors (Lipinski definition) is 4. The molecule has 3 aromatic rings. The summed E-state index contributed by atoms with van der Waals surface area (Å²) >= 11 is 0. The zero-order valence-electron chi connectivity index (χ0n) is 19.8. The van der Waals surface area contributed by atoms with Crippen LogP contribution in [0, 0.1) is 0 Å². The largest absolute Gasteiger partial charge is 0.464 e. The number of fused-ring (bicyclic) bond motifs is 1. The van der Waals surface area contributed by atoms with Crippen molar-refractivity contribution >= 4 is 28.6 Å². The third kappa shape index (κ3) is 3.75. The van der Waals surface area contributed by atoms with Crippen LogP contribution >= 0.6 is 0 Å². The number of carbonyl (C=O) groups is 2. The summed E-state index contributed by atoms with van der Waals surface area (Å²) in [4.78, 5) is 33.5. The normalized spacial score (nSPS) is 21.7. The quantitative estimate of drug-likeness (QED) is 0.533. The van der Waals surface area contributed by atoms with Crippen LogP contribution in [-0.4, -0.2) is 51.7 Å². The fraction of sp³-hybridized carbons (Fsp3) is 0.321. The molecule has 0 bridgehead atoms. The highest BCUT2D eigenvalue weighted by Crippen LogP contribution is 2.42. The molecule has 6 rings (SSSR count). The molecule has 6 nitrogen and oxygen atoms in total. The summed E-state index contributed by atoms with van der Waals surface area (Å²) in [6.07, 6.45) is 4.71. The Morgan fingerprint density at radius 2 is 1.77 bits per heavy atom. The van der Waals surface area contributed by atoms with Crippen LogP contribution in [0.15, 0.2) is 76.0 Å². The molecule has 1 aliphatic carbocycles. The SMILES string of the molecule is CC1(C)N=C(c2ccc(-c3ccc4occc4c3)cc2)N(/C=C2\CCN(C(=O)C3(F)CC3)C2)C1=O. The van der Waals surface area contributed by atoms with Gasteiger partial charge in [0.05, 0.1) is 6.26 Å². The first-order valence-electron chi connectivity index (χ1n) is 11.9. The first-order chi connectivity index (χ1) is 16.7. The minimum Gasteiger partial charge on any atom is -0.464 e. The second-order valence-corrected chi connectivity index (χ2v) is 10.1. The number of rotatable bonds is 4. The van der Waals surface area contributed by atoms with Crippen LogP contribution in [0.25, 0.3) is 22.1 Å². The Morgan fingerprint density at radius 3 is 2.51 bits per heavy atom. The number of furan rings is 1. The van der Waals surface area contributed by atoms with Gasteiger partial charge in [-0.25, -0.2) is 4.39 Å². The number of amides is 2. The molecule has 0 atom stereocenters. The van der Waals surface area contributed by atoms with Crippen LogP contribution in [0.4, 0.5) is 4.39 Å². The maximum Gasteiger partial charge on any atom is 0.260 e. The molecule has 7 heteroatoms. The monoisotopic (exact) mass is 471 g/mol. The lowest BCUT2D eigenvalue weighted by Crippen LogP contribution is -2.37. The third-order valence-corrected chi connectivity index (χ3v) is 7.05. The molecule has 0 unspecified atom stereocenters. The van der Waals surface area contributed by atoms with Crippen molar-refractivity contribution in [3.8, 4) is 11.1 Å². The van der Waals surface area contributed by atoms with Gasteiger partial charge in [-0.15, -0.1) is 0 Å². The van der Waals surface area contributed by atoms with Gasteiger partial charge in [0.2, 0.25) is 0 Å². The van der Waals surface area contributed by atoms with Crippen LogP contribution in [0.3, 0.4) is 0 Å². The average molecular weight is 472 g/mol. The Balaban J connectivity index is 1.26. The Kier molecular flexibility index (Phi) is 4.75. The molecule has 1 saturated carbocycles. The van der Waals surface area contributed by atoms with Crippen molar-refractivity contribution in [1.29, 1.82) is 0 Å². The van der Waals surface area contributed by atoms with E-state index < -0.39 is 17.1 Å². The molecule has 1 aromatic heterocycles. The van der Waals surface area contributed by atoms with Crippen LogP contribution in [0.5, 0.6) is 0 Å². The van der Waals surface area contributed by atoms with E-state index in [9.17, 15) is 14.0 Å². The zero-order valence-corrected chi connectivity index (χ0v) is 19.8. The van der Waals surface area contributed by atoms with E-state index in [1.165, 1.54) is 0 Å². The molecular weight excluding hydrogens is 445 g/mol. The van der Waals surface area contributed by atoms with Gasteiger partial charge in [-0.05, 0) is 68.0 Å². The lowest BCUT2D eigenvalue weighted by atomic mass is 10.0. The molecule has 1 saturated heterocycles. The predicted molar refractivity (Wildman–Crippen MR) is 131 cm³/mol. The van der Waals surface area contributed by atoms with Gasteiger partial charge in [-0.3, -0.25) is 19.5 Å². The van der Waals surface area contributed by atoms with E-state index in [0.717, 1.165) is 33.2 Å². The smallest absolute Gasteiger partial charge is 0.260 e. The number of halogens is 1. The van der Waals surface area contributed by atoms with Crippen molar-refractivity contribution in [2.75, 3.05) is 13.1 Å². The maximum atomic E-state index is 14.2. The topological polar surface area (TPSA) is 66.1 Å². The Bertz CT molecular complexity index is 1410. The molecule has 2 aromatic carbocycles. The number of amidine groups is 1. The number of benzene rings is 2. The summed E-state index contributed by atoms with van der Waals surface area (Å²) in [5.41, 5.74) is 2.18. The fourth-order valence-corrected chi connectivity index (χ4v) is 4.79. The van der Waals surface area contributed by atoms with Crippen molar-refractivity contribution in [3.63, 3.8) is 0 Å². The first-order valence-corrected chi connectivity index (χ1v) is 11.9. The van der Waals surface area contributed by atoms with E-state index in [1.54, 1.807) is 36.1 Å². The molecule has 3 aliphatic rings. The number of hydrogen-bond donors (Lipinski definition) is 0. The molecule has 35 heavy (non-hydrogen) atoms. The second-order valence-electron chi connectivity index (χ2n) is 10.1. The number of alkyl halides is 1. The van der Waals surface area contributed by atoms with Gasteiger partial charge in [-0.2, -0.15) is 0 Å². The lowest BCUT2D eigenvalue weighted by Gasteiger charge is -2.19. The summed E-state index contributed by atoms with van der Waals surface area (Å²) in [7, 11) is 0. The summed E-state index contributed by atoms with van der Waals surface area (Å²) in [6.45, 7) is 4.42. The van der Waals surface area contributed by atoms with Crippen LogP contribution in [0.1, 0.15) is 38.7 Å². The highest BCUT2D eigenvalue weighted by Gasteiger charge is 2.53. The van der Waals surface area contributed by atoms with Crippen molar-refractivity contribution in [1.82, 2.24) is 9.80 Å². The van der Waals surface area contributed by atoms with E-state index in [1.807, 2.05) is 42.5 Å². The molecule has 3 heterocycles. The Hall–Kier alpha value is -3.74. The predicted octanol–water partition coefficient (Wildman–Crippen LogP) is 5.09. The summed E-state index contributed by atoms with van der Waals surface area (Å²) in [6, 6.07) is 16.0. The van der Waals surface area contributed by atoms with Gasteiger partial charge in [0.1, 0.15) is 17.0 Å². The number of nitrogens with zero attached hydrogens (tertiary/aromatic N) is 3. The van der Waals surface area contributed by atoms with Crippen LogP contribution < -0.4 is 0 Å². The molecule has 2 fully saturated rings. The van der Waals surface area contributed by atoms with E-state index in [-0.39, 0.29) is 5.91 Å². The summed E-state index contributed by atoms with van der Waals surface area (Å²) in [5.74, 6) is 0.0359. The van der Waals surface area contributed by atoms with E-state index >= 15 is 0 Å². The number of carbonyl (C=O) groups excluding carboxylic acids is 2. The van der Waals surface area contributed by atoms with Crippen molar-refractivity contribution in [2.24, 2.45) is 4.99 Å². The van der Waals surface area contributed by atoms with Gasteiger partial charge >= 0.3 is 0 Å². The van der Waals surface area contributed by atoms with Crippen molar-refractivity contribution in [3.05, 3.63) is 72.1 Å². The Morgan fingerprint density at radius 1 is 1.06 bits per heavy atom. The van der Waals surface area contributed by atoms with Crippen LogP contribution in [-0.2, 0) is 9.59 Å². The third-order valence-electron chi connectivity index (χ3n) is 7.05. The second kappa shape index (κ2) is 7.63. The van der Waals surface area contributed by atoms with Gasteiger partial charge in [0, 0.05) is 30.2 Å². The fourth-order valence-electron chi connectivity index (χ4n) is 4.79. The van der Waals surface area contributed by atoms with E-state index in [0.29, 0.717) is 38.2 Å². The van der Waals surface area contributed by atoms with Gasteiger partial charge in [-0.1, -0.05) is 30.3 Å². The maximum absolute atomic E-state index is 14.2. The molecule has 0 radical (unpaired) electrons. The number of aliphatic imine (C=N–C) groups is 1. The molecule has 178 valence electrons. The minimum absolute atomic E-state index is 0.122. The minimum atomic E-state index is -1.67. The lowest BCUT2D eigenvalue weighted by molar-refractivity contribution is -0.136. The Labute approximate surface area is 202 Å². The molecule has 0 N–H and O–H groups in total. The van der Waals surface area contributed by atoms with E-state index in [4.69, 9.17) is 9.41 Å². The van der Waals surface area contributed by atoms with Gasteiger partial charge < -0.3 is 9.32 Å².